The van der Waals surface area contributed by atoms with Gasteiger partial charge in [0.2, 0.25) is 0 Å². The fraction of sp³-hybridized carbons (Fsp3) is 0.462. The first-order valence-electron chi connectivity index (χ1n) is 5.99. The predicted molar refractivity (Wildman–Crippen MR) is 71.6 cm³/mol. The highest BCUT2D eigenvalue weighted by Gasteiger charge is 2.18. The summed E-state index contributed by atoms with van der Waals surface area (Å²) in [4.78, 5) is 1.94. The van der Waals surface area contributed by atoms with E-state index in [1.54, 1.807) is 12.1 Å². The van der Waals surface area contributed by atoms with Crippen molar-refractivity contribution in [3.8, 4) is 0 Å². The molecule has 18 heavy (non-hydrogen) atoms. The first kappa shape index (κ1) is 14.4. The fourth-order valence-electron chi connectivity index (χ4n) is 1.92. The van der Waals surface area contributed by atoms with Crippen molar-refractivity contribution in [3.05, 3.63) is 29.6 Å². The van der Waals surface area contributed by atoms with E-state index >= 15 is 0 Å². The average molecular weight is 253 g/mol. The monoisotopic (exact) mass is 253 g/mol. The molecule has 100 valence electrons. The van der Waals surface area contributed by atoms with Crippen molar-refractivity contribution in [2.45, 2.75) is 26.3 Å². The fourth-order valence-corrected chi connectivity index (χ4v) is 1.92. The number of hydrogen-bond acceptors (Lipinski definition) is 3. The molecule has 0 saturated carbocycles. The molecule has 0 bridgehead atoms. The number of aliphatic hydroxyl groups is 1. The van der Waals surface area contributed by atoms with Crippen LogP contribution in [0.1, 0.15) is 25.8 Å². The van der Waals surface area contributed by atoms with Gasteiger partial charge in [-0.15, -0.1) is 0 Å². The van der Waals surface area contributed by atoms with Crippen LogP contribution in [0.3, 0.4) is 0 Å². The van der Waals surface area contributed by atoms with E-state index in [2.05, 4.69) is 0 Å². The lowest BCUT2D eigenvalue weighted by Gasteiger charge is -2.30. The molecule has 0 heterocycles. The van der Waals surface area contributed by atoms with Gasteiger partial charge in [-0.25, -0.2) is 4.39 Å². The zero-order valence-electron chi connectivity index (χ0n) is 10.8. The number of benzene rings is 1. The molecular weight excluding hydrogens is 233 g/mol. The number of anilines is 1. The third-order valence-corrected chi connectivity index (χ3v) is 2.75. The zero-order chi connectivity index (χ0) is 13.7. The van der Waals surface area contributed by atoms with E-state index in [1.807, 2.05) is 18.7 Å². The second kappa shape index (κ2) is 6.35. The standard InChI is InChI=1S/C13H20FN3O/c1-9(2)17(7-4-8-18)11-6-3-5-10(14)12(11)13(15)16/h3,5-6,9,18H,4,7-8H2,1-2H3,(H3,15,16). The van der Waals surface area contributed by atoms with Crippen molar-refractivity contribution in [1.29, 1.82) is 5.41 Å². The van der Waals surface area contributed by atoms with Gasteiger partial charge in [-0.2, -0.15) is 0 Å². The lowest BCUT2D eigenvalue weighted by molar-refractivity contribution is 0.288. The number of hydrogen-bond donors (Lipinski definition) is 3. The van der Waals surface area contributed by atoms with Gasteiger partial charge in [-0.05, 0) is 32.4 Å². The Labute approximate surface area is 107 Å². The SMILES string of the molecule is CC(C)N(CCCO)c1cccc(F)c1C(=N)N. The number of aliphatic hydroxyl groups excluding tert-OH is 1. The predicted octanol–water partition coefficient (Wildman–Crippen LogP) is 1.71. The summed E-state index contributed by atoms with van der Waals surface area (Å²) < 4.78 is 13.7. The summed E-state index contributed by atoms with van der Waals surface area (Å²) in [5.41, 5.74) is 6.18. The maximum atomic E-state index is 13.7. The molecule has 0 fully saturated rings. The molecule has 5 heteroatoms. The van der Waals surface area contributed by atoms with Crippen LogP contribution in [0.4, 0.5) is 10.1 Å². The summed E-state index contributed by atoms with van der Waals surface area (Å²) in [6, 6.07) is 4.78. The lowest BCUT2D eigenvalue weighted by atomic mass is 10.1. The Kier molecular flexibility index (Phi) is 5.09. The third kappa shape index (κ3) is 3.20. The Hall–Kier alpha value is -1.62. The van der Waals surface area contributed by atoms with E-state index in [-0.39, 0.29) is 24.0 Å². The Balaban J connectivity index is 3.19. The van der Waals surface area contributed by atoms with Crippen molar-refractivity contribution in [2.75, 3.05) is 18.1 Å². The van der Waals surface area contributed by atoms with E-state index < -0.39 is 5.82 Å². The number of nitrogens with one attached hydrogen (secondary N) is 1. The molecule has 1 rings (SSSR count). The largest absolute Gasteiger partial charge is 0.396 e. The van der Waals surface area contributed by atoms with E-state index in [0.717, 1.165) is 0 Å². The summed E-state index contributed by atoms with van der Waals surface area (Å²) in [5.74, 6) is -0.771. The number of nitrogens with two attached hydrogens (primary N) is 1. The first-order valence-corrected chi connectivity index (χ1v) is 5.99. The molecule has 0 spiro atoms. The van der Waals surface area contributed by atoms with Crippen LogP contribution in [0.15, 0.2) is 18.2 Å². The summed E-state index contributed by atoms with van der Waals surface area (Å²) in [6.45, 7) is 4.63. The van der Waals surface area contributed by atoms with Crippen LogP contribution >= 0.6 is 0 Å². The molecule has 4 nitrogen and oxygen atoms in total. The number of amidine groups is 1. The maximum absolute atomic E-state index is 13.7. The molecule has 0 unspecified atom stereocenters. The summed E-state index contributed by atoms with van der Waals surface area (Å²) in [5, 5.41) is 16.4. The van der Waals surface area contributed by atoms with E-state index in [9.17, 15) is 4.39 Å². The van der Waals surface area contributed by atoms with Crippen LogP contribution in [0.25, 0.3) is 0 Å². The first-order chi connectivity index (χ1) is 8.49. The van der Waals surface area contributed by atoms with Gasteiger partial charge in [0.1, 0.15) is 11.7 Å². The minimum Gasteiger partial charge on any atom is -0.396 e. The normalized spacial score (nSPS) is 10.7. The maximum Gasteiger partial charge on any atom is 0.136 e. The molecular formula is C13H20FN3O. The van der Waals surface area contributed by atoms with Crippen molar-refractivity contribution in [1.82, 2.24) is 0 Å². The second-order valence-electron chi connectivity index (χ2n) is 4.41. The lowest BCUT2D eigenvalue weighted by Crippen LogP contribution is -2.34. The van der Waals surface area contributed by atoms with E-state index in [4.69, 9.17) is 16.2 Å². The Morgan fingerprint density at radius 2 is 2.17 bits per heavy atom. The van der Waals surface area contributed by atoms with Crippen molar-refractivity contribution >= 4 is 11.5 Å². The van der Waals surface area contributed by atoms with Gasteiger partial charge in [-0.1, -0.05) is 6.07 Å². The number of nitrogens with zero attached hydrogens (tertiary/aromatic N) is 1. The highest BCUT2D eigenvalue weighted by atomic mass is 19.1. The van der Waals surface area contributed by atoms with Crippen LogP contribution in [0.2, 0.25) is 0 Å². The van der Waals surface area contributed by atoms with Gasteiger partial charge in [0.25, 0.3) is 0 Å². The number of rotatable bonds is 6. The molecule has 0 amide bonds. The van der Waals surface area contributed by atoms with Crippen molar-refractivity contribution in [3.63, 3.8) is 0 Å². The van der Waals surface area contributed by atoms with Gasteiger partial charge in [0.15, 0.2) is 0 Å². The minimum atomic E-state index is -0.491. The number of nitrogen functional groups attached to an aromatic ring is 1. The molecule has 0 saturated heterocycles. The Morgan fingerprint density at radius 3 is 2.67 bits per heavy atom. The van der Waals surface area contributed by atoms with Crippen molar-refractivity contribution in [2.24, 2.45) is 5.73 Å². The summed E-state index contributed by atoms with van der Waals surface area (Å²) in [6.07, 6.45) is 0.589. The molecule has 1 aromatic carbocycles. The molecule has 0 atom stereocenters. The quantitative estimate of drug-likeness (QED) is 0.533. The molecule has 0 radical (unpaired) electrons. The van der Waals surface area contributed by atoms with Gasteiger partial charge >= 0.3 is 0 Å². The molecule has 1 aromatic rings. The smallest absolute Gasteiger partial charge is 0.136 e. The zero-order valence-corrected chi connectivity index (χ0v) is 10.8. The van der Waals surface area contributed by atoms with Crippen LogP contribution in [-0.4, -0.2) is 30.1 Å². The van der Waals surface area contributed by atoms with Gasteiger partial charge < -0.3 is 15.7 Å². The Morgan fingerprint density at radius 1 is 1.50 bits per heavy atom. The highest BCUT2D eigenvalue weighted by Crippen LogP contribution is 2.24. The minimum absolute atomic E-state index is 0.0773. The van der Waals surface area contributed by atoms with Crippen molar-refractivity contribution < 1.29 is 9.50 Å². The van der Waals surface area contributed by atoms with E-state index in [1.165, 1.54) is 6.07 Å². The summed E-state index contributed by atoms with van der Waals surface area (Å²) >= 11 is 0. The Bertz CT molecular complexity index is 421. The van der Waals surface area contributed by atoms with Gasteiger partial charge in [-0.3, -0.25) is 5.41 Å². The van der Waals surface area contributed by atoms with Gasteiger partial charge in [0, 0.05) is 19.2 Å². The molecule has 0 aliphatic carbocycles. The van der Waals surface area contributed by atoms with Crippen LogP contribution < -0.4 is 10.6 Å². The topological polar surface area (TPSA) is 73.3 Å². The third-order valence-electron chi connectivity index (χ3n) is 2.75. The second-order valence-corrected chi connectivity index (χ2v) is 4.41. The molecule has 0 aliphatic rings. The van der Waals surface area contributed by atoms with Crippen LogP contribution in [-0.2, 0) is 0 Å². The van der Waals surface area contributed by atoms with Crippen LogP contribution in [0.5, 0.6) is 0 Å². The average Bonchev–Trinajstić information content (AvgIpc) is 2.28. The van der Waals surface area contributed by atoms with Gasteiger partial charge in [0.05, 0.1) is 11.3 Å². The number of halogens is 1. The summed E-state index contributed by atoms with van der Waals surface area (Å²) in [7, 11) is 0. The molecule has 0 aromatic heterocycles. The molecule has 0 aliphatic heterocycles. The highest BCUT2D eigenvalue weighted by molar-refractivity contribution is 6.00. The van der Waals surface area contributed by atoms with Crippen LogP contribution in [0, 0.1) is 11.2 Å². The van der Waals surface area contributed by atoms with E-state index in [0.29, 0.717) is 18.7 Å². The molecule has 4 N–H and O–H groups in total.